The summed E-state index contributed by atoms with van der Waals surface area (Å²) in [5.74, 6) is 1.05. The van der Waals surface area contributed by atoms with E-state index in [0.717, 1.165) is 31.6 Å². The van der Waals surface area contributed by atoms with Crippen molar-refractivity contribution in [3.8, 4) is 28.0 Å². The van der Waals surface area contributed by atoms with Gasteiger partial charge >= 0.3 is 0 Å². The Hall–Kier alpha value is -2.54. The first kappa shape index (κ1) is 22.2. The van der Waals surface area contributed by atoms with Gasteiger partial charge in [-0.15, -0.1) is 0 Å². The normalized spacial score (nSPS) is 11.5. The number of hydrogen-bond donors (Lipinski definition) is 0. The van der Waals surface area contributed by atoms with Gasteiger partial charge < -0.3 is 4.74 Å². The van der Waals surface area contributed by atoms with Gasteiger partial charge in [-0.1, -0.05) is 88.7 Å². The van der Waals surface area contributed by atoms with E-state index >= 15 is 0 Å². The summed E-state index contributed by atoms with van der Waals surface area (Å²) in [5, 5.41) is 0. The summed E-state index contributed by atoms with van der Waals surface area (Å²) in [7, 11) is 0. The van der Waals surface area contributed by atoms with Gasteiger partial charge in [-0.25, -0.2) is 0 Å². The maximum Gasteiger partial charge on any atom is 0.122 e. The first-order valence-corrected chi connectivity index (χ1v) is 11.3. The smallest absolute Gasteiger partial charge is 0.122 e. The highest BCUT2D eigenvalue weighted by atomic mass is 16.5. The number of benzene rings is 3. The summed E-state index contributed by atoms with van der Waals surface area (Å²) < 4.78 is 6.30. The minimum absolute atomic E-state index is 0.196. The van der Waals surface area contributed by atoms with Crippen molar-refractivity contribution >= 4 is 0 Å². The highest BCUT2D eigenvalue weighted by Gasteiger charge is 2.18. The van der Waals surface area contributed by atoms with Crippen molar-refractivity contribution in [2.75, 3.05) is 6.61 Å². The molecule has 0 radical (unpaired) electrons. The van der Waals surface area contributed by atoms with E-state index < -0.39 is 0 Å². The quantitative estimate of drug-likeness (QED) is 0.370. The Morgan fingerprint density at radius 3 is 1.77 bits per heavy atom. The first-order chi connectivity index (χ1) is 14.4. The molecule has 0 fully saturated rings. The molecule has 3 rings (SSSR count). The zero-order valence-electron chi connectivity index (χ0n) is 19.5. The molecule has 0 atom stereocenters. The largest absolute Gasteiger partial charge is 0.493 e. The fraction of sp³-hybridized carbons (Fsp3) is 0.379. The Balaban J connectivity index is 1.92. The van der Waals surface area contributed by atoms with Crippen LogP contribution in [0.2, 0.25) is 0 Å². The fourth-order valence-electron chi connectivity index (χ4n) is 3.60. The lowest BCUT2D eigenvalue weighted by Crippen LogP contribution is -2.20. The van der Waals surface area contributed by atoms with E-state index in [1.54, 1.807) is 0 Å². The highest BCUT2D eigenvalue weighted by Crippen LogP contribution is 2.34. The molecule has 30 heavy (non-hydrogen) atoms. The van der Waals surface area contributed by atoms with E-state index in [1.807, 2.05) is 0 Å². The van der Waals surface area contributed by atoms with E-state index in [9.17, 15) is 0 Å². The minimum atomic E-state index is 0.196. The summed E-state index contributed by atoms with van der Waals surface area (Å²) in [6.45, 7) is 14.1. The molecule has 0 unspecified atom stereocenters. The Kier molecular flexibility index (Phi) is 7.02. The topological polar surface area (TPSA) is 9.23 Å². The van der Waals surface area contributed by atoms with Crippen LogP contribution in [0.3, 0.4) is 0 Å². The maximum absolute atomic E-state index is 6.30. The number of ether oxygens (including phenoxy) is 1. The lowest BCUT2D eigenvalue weighted by Gasteiger charge is -2.24. The Morgan fingerprint density at radius 2 is 1.23 bits per heavy atom. The molecule has 158 valence electrons. The Bertz CT molecular complexity index is 962. The van der Waals surface area contributed by atoms with Crippen molar-refractivity contribution in [1.29, 1.82) is 0 Å². The molecule has 1 heteroatoms. The monoisotopic (exact) mass is 400 g/mol. The standard InChI is InChI=1S/C29H36O/c1-7-22-19-28(30-20-29(5,6)9-3)23(8-2)18-27(22)26-16-14-25(15-17-26)24-12-10-21(4)11-13-24/h10-19H,7-9,20H2,1-6H3. The van der Waals surface area contributed by atoms with Crippen molar-refractivity contribution in [3.05, 3.63) is 77.4 Å². The summed E-state index contributed by atoms with van der Waals surface area (Å²) >= 11 is 0. The molecule has 3 aromatic rings. The lowest BCUT2D eigenvalue weighted by molar-refractivity contribution is 0.174. The average Bonchev–Trinajstić information content (AvgIpc) is 2.77. The van der Waals surface area contributed by atoms with Crippen LogP contribution in [-0.4, -0.2) is 6.61 Å². The van der Waals surface area contributed by atoms with Crippen molar-refractivity contribution < 1.29 is 4.74 Å². The predicted molar refractivity (Wildman–Crippen MR) is 130 cm³/mol. The second-order valence-electron chi connectivity index (χ2n) is 9.07. The third-order valence-electron chi connectivity index (χ3n) is 6.20. The van der Waals surface area contributed by atoms with Gasteiger partial charge in [-0.2, -0.15) is 0 Å². The molecular formula is C29H36O. The minimum Gasteiger partial charge on any atom is -0.493 e. The van der Waals surface area contributed by atoms with Gasteiger partial charge in [0.1, 0.15) is 5.75 Å². The van der Waals surface area contributed by atoms with E-state index in [2.05, 4.69) is 102 Å². The van der Waals surface area contributed by atoms with Crippen molar-refractivity contribution in [2.45, 2.75) is 60.8 Å². The van der Waals surface area contributed by atoms with E-state index in [0.29, 0.717) is 0 Å². The summed E-state index contributed by atoms with van der Waals surface area (Å²) in [6.07, 6.45) is 3.08. The van der Waals surface area contributed by atoms with Gasteiger partial charge in [0.25, 0.3) is 0 Å². The molecule has 0 spiro atoms. The molecule has 0 saturated carbocycles. The molecule has 0 saturated heterocycles. The summed E-state index contributed by atoms with van der Waals surface area (Å²) in [5.41, 5.74) is 9.25. The van der Waals surface area contributed by atoms with E-state index in [1.165, 1.54) is 38.9 Å². The van der Waals surface area contributed by atoms with Gasteiger partial charge in [0.2, 0.25) is 0 Å². The van der Waals surface area contributed by atoms with Crippen LogP contribution in [0.25, 0.3) is 22.3 Å². The van der Waals surface area contributed by atoms with Gasteiger partial charge in [-0.05, 0) is 77.1 Å². The maximum atomic E-state index is 6.30. The van der Waals surface area contributed by atoms with Crippen LogP contribution in [0.15, 0.2) is 60.7 Å². The third kappa shape index (κ3) is 5.14. The average molecular weight is 401 g/mol. The van der Waals surface area contributed by atoms with Crippen molar-refractivity contribution in [1.82, 2.24) is 0 Å². The SMILES string of the molecule is CCc1cc(-c2ccc(-c3ccc(C)cc3)cc2)c(CC)cc1OCC(C)(C)CC. The van der Waals surface area contributed by atoms with E-state index in [-0.39, 0.29) is 5.41 Å². The van der Waals surface area contributed by atoms with E-state index in [4.69, 9.17) is 4.74 Å². The molecule has 3 aromatic carbocycles. The third-order valence-corrected chi connectivity index (χ3v) is 6.20. The number of hydrogen-bond acceptors (Lipinski definition) is 1. The van der Waals surface area contributed by atoms with Crippen molar-refractivity contribution in [3.63, 3.8) is 0 Å². The molecule has 0 aliphatic carbocycles. The van der Waals surface area contributed by atoms with Gasteiger partial charge in [-0.3, -0.25) is 0 Å². The zero-order chi connectivity index (χ0) is 21.7. The Labute approximate surface area is 183 Å². The molecule has 0 amide bonds. The van der Waals surface area contributed by atoms with Crippen LogP contribution in [0.1, 0.15) is 57.7 Å². The second-order valence-corrected chi connectivity index (χ2v) is 9.07. The molecule has 0 heterocycles. The zero-order valence-corrected chi connectivity index (χ0v) is 19.5. The van der Waals surface area contributed by atoms with Crippen LogP contribution >= 0.6 is 0 Å². The van der Waals surface area contributed by atoms with Crippen LogP contribution < -0.4 is 4.74 Å². The molecule has 1 nitrogen and oxygen atoms in total. The lowest BCUT2D eigenvalue weighted by atomic mass is 9.91. The predicted octanol–water partition coefficient (Wildman–Crippen LogP) is 8.27. The molecule has 0 N–H and O–H groups in total. The van der Waals surface area contributed by atoms with Crippen LogP contribution in [0.4, 0.5) is 0 Å². The van der Waals surface area contributed by atoms with Crippen molar-refractivity contribution in [2.24, 2.45) is 5.41 Å². The second kappa shape index (κ2) is 9.51. The Morgan fingerprint density at radius 1 is 0.700 bits per heavy atom. The molecule has 0 aromatic heterocycles. The highest BCUT2D eigenvalue weighted by molar-refractivity contribution is 5.74. The number of aryl methyl sites for hydroxylation is 3. The summed E-state index contributed by atoms with van der Waals surface area (Å²) in [6, 6.07) is 22.3. The van der Waals surface area contributed by atoms with Crippen LogP contribution in [0.5, 0.6) is 5.75 Å². The van der Waals surface area contributed by atoms with Crippen LogP contribution in [0, 0.1) is 12.3 Å². The molecular weight excluding hydrogens is 364 g/mol. The summed E-state index contributed by atoms with van der Waals surface area (Å²) in [4.78, 5) is 0. The first-order valence-electron chi connectivity index (χ1n) is 11.3. The van der Waals surface area contributed by atoms with Gasteiger partial charge in [0.15, 0.2) is 0 Å². The molecule has 0 bridgehead atoms. The molecule has 0 aliphatic rings. The van der Waals surface area contributed by atoms with Gasteiger partial charge in [0, 0.05) is 0 Å². The molecule has 0 aliphatic heterocycles. The fourth-order valence-corrected chi connectivity index (χ4v) is 3.60. The van der Waals surface area contributed by atoms with Gasteiger partial charge in [0.05, 0.1) is 6.61 Å². The van der Waals surface area contributed by atoms with Crippen LogP contribution in [-0.2, 0) is 12.8 Å². The number of rotatable bonds is 8.